The second kappa shape index (κ2) is 7.72. The van der Waals surface area contributed by atoms with Crippen LogP contribution in [0.15, 0.2) is 42.6 Å². The molecule has 7 heteroatoms. The quantitative estimate of drug-likeness (QED) is 0.874. The van der Waals surface area contributed by atoms with Crippen LogP contribution in [0.25, 0.3) is 0 Å². The Labute approximate surface area is 151 Å². The van der Waals surface area contributed by atoms with Crippen molar-refractivity contribution in [2.24, 2.45) is 0 Å². The molecule has 1 amide bonds. The van der Waals surface area contributed by atoms with E-state index in [1.54, 1.807) is 54.5 Å². The summed E-state index contributed by atoms with van der Waals surface area (Å²) in [7, 11) is 1.72. The smallest absolute Gasteiger partial charge is 0.257 e. The number of carbonyl (C=O) groups excluding carboxylic acids is 1. The largest absolute Gasteiger partial charge is 0.488 e. The van der Waals surface area contributed by atoms with Crippen LogP contribution in [0.2, 0.25) is 5.02 Å². The molecule has 1 aromatic carbocycles. The van der Waals surface area contributed by atoms with Gasteiger partial charge in [0.05, 0.1) is 12.1 Å². The van der Waals surface area contributed by atoms with Gasteiger partial charge >= 0.3 is 0 Å². The number of benzene rings is 1. The topological polar surface area (TPSA) is 74.7 Å². The van der Waals surface area contributed by atoms with Crippen LogP contribution in [0.5, 0.6) is 5.75 Å². The maximum Gasteiger partial charge on any atom is 0.257 e. The van der Waals surface area contributed by atoms with Gasteiger partial charge in [-0.15, -0.1) is 0 Å². The van der Waals surface area contributed by atoms with Gasteiger partial charge < -0.3 is 20.1 Å². The van der Waals surface area contributed by atoms with Crippen molar-refractivity contribution in [3.8, 4) is 5.75 Å². The third-order valence-electron chi connectivity index (χ3n) is 4.18. The average Bonchev–Trinajstić information content (AvgIpc) is 2.64. The summed E-state index contributed by atoms with van der Waals surface area (Å²) in [5.74, 6) is 1.03. The van der Waals surface area contributed by atoms with Gasteiger partial charge in [0.1, 0.15) is 23.8 Å². The third kappa shape index (κ3) is 4.03. The first-order valence-electron chi connectivity index (χ1n) is 8.11. The first-order valence-corrected chi connectivity index (χ1v) is 8.48. The zero-order valence-corrected chi connectivity index (χ0v) is 14.6. The highest BCUT2D eigenvalue weighted by Crippen LogP contribution is 2.23. The van der Waals surface area contributed by atoms with E-state index in [4.69, 9.17) is 16.3 Å². The molecule has 2 aromatic rings. The monoisotopic (exact) mass is 361 g/mol. The molecule has 0 saturated carbocycles. The van der Waals surface area contributed by atoms with Crippen LogP contribution < -0.4 is 10.1 Å². The predicted octanol–water partition coefficient (Wildman–Crippen LogP) is 2.43. The van der Waals surface area contributed by atoms with Crippen molar-refractivity contribution in [1.29, 1.82) is 0 Å². The molecule has 1 fully saturated rings. The zero-order chi connectivity index (χ0) is 17.8. The number of carbonyl (C=O) groups is 1. The fourth-order valence-corrected chi connectivity index (χ4v) is 2.99. The first kappa shape index (κ1) is 17.5. The number of aromatic nitrogens is 1. The number of amides is 1. The third-order valence-corrected chi connectivity index (χ3v) is 4.44. The number of anilines is 1. The summed E-state index contributed by atoms with van der Waals surface area (Å²) in [4.78, 5) is 18.5. The SMILES string of the molecule is CNc1ncccc1C(=O)N1CC[C@@H](Oc2ccc(Cl)cc2)[C@H](O)C1. The van der Waals surface area contributed by atoms with Crippen molar-refractivity contribution in [3.05, 3.63) is 53.2 Å². The molecular formula is C18H20ClN3O3. The standard InChI is InChI=1S/C18H20ClN3O3/c1-20-17-14(3-2-9-21-17)18(24)22-10-8-16(15(23)11-22)25-13-6-4-12(19)5-7-13/h2-7,9,15-16,23H,8,10-11H2,1H3,(H,20,21)/t15-,16-/m1/s1. The maximum atomic E-state index is 12.7. The highest BCUT2D eigenvalue weighted by atomic mass is 35.5. The number of nitrogens with one attached hydrogen (secondary N) is 1. The molecule has 3 rings (SSSR count). The normalized spacial score (nSPS) is 20.2. The molecule has 0 radical (unpaired) electrons. The predicted molar refractivity (Wildman–Crippen MR) is 96.2 cm³/mol. The number of ether oxygens (including phenoxy) is 1. The molecule has 6 nitrogen and oxygen atoms in total. The molecule has 25 heavy (non-hydrogen) atoms. The van der Waals surface area contributed by atoms with E-state index in [0.717, 1.165) is 0 Å². The zero-order valence-electron chi connectivity index (χ0n) is 13.9. The molecule has 1 saturated heterocycles. The minimum atomic E-state index is -0.761. The van der Waals surface area contributed by atoms with Gasteiger partial charge in [0.2, 0.25) is 0 Å². The van der Waals surface area contributed by atoms with Crippen LogP contribution >= 0.6 is 11.6 Å². The Morgan fingerprint density at radius 3 is 2.80 bits per heavy atom. The van der Waals surface area contributed by atoms with E-state index < -0.39 is 6.10 Å². The van der Waals surface area contributed by atoms with Crippen molar-refractivity contribution in [2.75, 3.05) is 25.5 Å². The van der Waals surface area contributed by atoms with E-state index in [-0.39, 0.29) is 18.6 Å². The van der Waals surface area contributed by atoms with E-state index in [0.29, 0.717) is 35.1 Å². The van der Waals surface area contributed by atoms with E-state index in [2.05, 4.69) is 10.3 Å². The second-order valence-corrected chi connectivity index (χ2v) is 6.30. The molecule has 2 N–H and O–H groups in total. The summed E-state index contributed by atoms with van der Waals surface area (Å²) in [5, 5.41) is 13.9. The summed E-state index contributed by atoms with van der Waals surface area (Å²) < 4.78 is 5.83. The van der Waals surface area contributed by atoms with Crippen LogP contribution in [0.1, 0.15) is 16.8 Å². The Kier molecular flexibility index (Phi) is 5.40. The number of pyridine rings is 1. The van der Waals surface area contributed by atoms with Gasteiger partial charge in [0, 0.05) is 31.2 Å². The van der Waals surface area contributed by atoms with Gasteiger partial charge in [0.15, 0.2) is 0 Å². The molecule has 0 spiro atoms. The lowest BCUT2D eigenvalue weighted by molar-refractivity contribution is -0.0198. The molecule has 0 unspecified atom stereocenters. The van der Waals surface area contributed by atoms with Crippen LogP contribution in [0.4, 0.5) is 5.82 Å². The minimum Gasteiger partial charge on any atom is -0.488 e. The van der Waals surface area contributed by atoms with Crippen molar-refractivity contribution in [2.45, 2.75) is 18.6 Å². The number of aliphatic hydroxyl groups is 1. The number of β-amino-alcohol motifs (C(OH)–C–C–N with tert-alkyl or cyclic N) is 1. The number of nitrogens with zero attached hydrogens (tertiary/aromatic N) is 2. The summed E-state index contributed by atoms with van der Waals surface area (Å²) >= 11 is 5.86. The van der Waals surface area contributed by atoms with Gasteiger partial charge in [-0.2, -0.15) is 0 Å². The number of hydrogen-bond donors (Lipinski definition) is 2. The number of hydrogen-bond acceptors (Lipinski definition) is 5. The molecule has 0 aliphatic carbocycles. The molecule has 1 aliphatic heterocycles. The van der Waals surface area contributed by atoms with E-state index in [1.807, 2.05) is 0 Å². The average molecular weight is 362 g/mol. The van der Waals surface area contributed by atoms with Gasteiger partial charge in [-0.05, 0) is 36.4 Å². The highest BCUT2D eigenvalue weighted by molar-refractivity contribution is 6.30. The van der Waals surface area contributed by atoms with Gasteiger partial charge in [-0.1, -0.05) is 11.6 Å². The Morgan fingerprint density at radius 2 is 2.12 bits per heavy atom. The minimum absolute atomic E-state index is 0.151. The molecule has 2 atom stereocenters. The molecule has 1 aliphatic rings. The highest BCUT2D eigenvalue weighted by Gasteiger charge is 2.32. The van der Waals surface area contributed by atoms with Gasteiger partial charge in [-0.3, -0.25) is 4.79 Å². The lowest BCUT2D eigenvalue weighted by Crippen LogP contribution is -2.51. The lowest BCUT2D eigenvalue weighted by Gasteiger charge is -2.36. The van der Waals surface area contributed by atoms with Crippen LogP contribution in [0, 0.1) is 0 Å². The molecular weight excluding hydrogens is 342 g/mol. The van der Waals surface area contributed by atoms with Gasteiger partial charge in [-0.25, -0.2) is 4.98 Å². The molecule has 132 valence electrons. The fraction of sp³-hybridized carbons (Fsp3) is 0.333. The summed E-state index contributed by atoms with van der Waals surface area (Å²) in [6, 6.07) is 10.5. The summed E-state index contributed by atoms with van der Waals surface area (Å²) in [6.45, 7) is 0.724. The first-order chi connectivity index (χ1) is 12.1. The van der Waals surface area contributed by atoms with E-state index >= 15 is 0 Å². The Balaban J connectivity index is 1.65. The summed E-state index contributed by atoms with van der Waals surface area (Å²) in [6.07, 6.45) is 1.06. The van der Waals surface area contributed by atoms with Crippen molar-refractivity contribution >= 4 is 23.3 Å². The van der Waals surface area contributed by atoms with Gasteiger partial charge in [0.25, 0.3) is 5.91 Å². The number of aliphatic hydroxyl groups excluding tert-OH is 1. The van der Waals surface area contributed by atoms with Crippen LogP contribution in [0.3, 0.4) is 0 Å². The Morgan fingerprint density at radius 1 is 1.36 bits per heavy atom. The Hall–Kier alpha value is -2.31. The van der Waals surface area contributed by atoms with Crippen molar-refractivity contribution in [1.82, 2.24) is 9.88 Å². The van der Waals surface area contributed by atoms with E-state index in [1.165, 1.54) is 0 Å². The number of rotatable bonds is 4. The fourth-order valence-electron chi connectivity index (χ4n) is 2.87. The Bertz CT molecular complexity index is 739. The van der Waals surface area contributed by atoms with Crippen molar-refractivity contribution < 1.29 is 14.6 Å². The second-order valence-electron chi connectivity index (χ2n) is 5.87. The van der Waals surface area contributed by atoms with E-state index in [9.17, 15) is 9.90 Å². The number of likely N-dealkylation sites (tertiary alicyclic amines) is 1. The molecule has 0 bridgehead atoms. The molecule has 1 aromatic heterocycles. The number of halogens is 1. The summed E-state index contributed by atoms with van der Waals surface area (Å²) in [5.41, 5.74) is 0.495. The molecule has 2 heterocycles. The van der Waals surface area contributed by atoms with Crippen LogP contribution in [-0.2, 0) is 0 Å². The lowest BCUT2D eigenvalue weighted by atomic mass is 10.0. The maximum absolute atomic E-state index is 12.7. The number of piperidine rings is 1. The van der Waals surface area contributed by atoms with Crippen molar-refractivity contribution in [3.63, 3.8) is 0 Å². The van der Waals surface area contributed by atoms with Crippen LogP contribution in [-0.4, -0.2) is 53.2 Å².